The molecule has 1 aliphatic rings. The highest BCUT2D eigenvalue weighted by molar-refractivity contribution is 7.99. The number of carbonyl (C=O) groups excluding carboxylic acids is 1. The molecule has 0 bridgehead atoms. The number of H-pyrrole nitrogens is 1. The van der Waals surface area contributed by atoms with Gasteiger partial charge in [-0.15, -0.1) is 16.4 Å². The van der Waals surface area contributed by atoms with E-state index in [1.165, 1.54) is 28.7 Å². The first-order chi connectivity index (χ1) is 12.2. The molecule has 0 fully saturated rings. The van der Waals surface area contributed by atoms with E-state index in [4.69, 9.17) is 10.5 Å². The Morgan fingerprint density at radius 3 is 3.24 bits per heavy atom. The number of aromatic amines is 1. The van der Waals surface area contributed by atoms with Gasteiger partial charge in [-0.25, -0.2) is 10.1 Å². The van der Waals surface area contributed by atoms with Crippen molar-refractivity contribution < 1.29 is 9.53 Å². The molecule has 0 saturated carbocycles. The molecule has 0 spiro atoms. The first kappa shape index (κ1) is 16.1. The van der Waals surface area contributed by atoms with Crippen LogP contribution in [0.1, 0.15) is 16.1 Å². The van der Waals surface area contributed by atoms with Gasteiger partial charge in [-0.2, -0.15) is 4.98 Å². The van der Waals surface area contributed by atoms with E-state index in [1.807, 2.05) is 12.1 Å². The summed E-state index contributed by atoms with van der Waals surface area (Å²) < 4.78 is 5.51. The van der Waals surface area contributed by atoms with Crippen LogP contribution in [0.2, 0.25) is 0 Å². The Balaban J connectivity index is 1.49. The predicted molar refractivity (Wildman–Crippen MR) is 96.0 cm³/mol. The molecule has 8 nitrogen and oxygen atoms in total. The summed E-state index contributed by atoms with van der Waals surface area (Å²) in [5, 5.41) is 12.2. The Bertz CT molecular complexity index is 922. The Morgan fingerprint density at radius 1 is 1.44 bits per heavy atom. The number of rotatable bonds is 5. The maximum Gasteiger partial charge on any atom is 0.277 e. The molecule has 2 aromatic heterocycles. The van der Waals surface area contributed by atoms with Crippen molar-refractivity contribution in [1.29, 1.82) is 0 Å². The van der Waals surface area contributed by atoms with Gasteiger partial charge < -0.3 is 10.5 Å². The van der Waals surface area contributed by atoms with Crippen molar-refractivity contribution in [3.63, 3.8) is 0 Å². The predicted octanol–water partition coefficient (Wildman–Crippen LogP) is 2.12. The zero-order valence-corrected chi connectivity index (χ0v) is 14.6. The molecule has 0 unspecified atom stereocenters. The number of nitrogens with one attached hydrogen (secondary N) is 2. The summed E-state index contributed by atoms with van der Waals surface area (Å²) in [6, 6.07) is 5.97. The van der Waals surface area contributed by atoms with E-state index in [0.717, 1.165) is 22.7 Å². The van der Waals surface area contributed by atoms with E-state index < -0.39 is 0 Å². The average Bonchev–Trinajstić information content (AvgIpc) is 3.35. The van der Waals surface area contributed by atoms with Crippen molar-refractivity contribution in [1.82, 2.24) is 20.2 Å². The van der Waals surface area contributed by atoms with Crippen LogP contribution in [0.15, 0.2) is 28.7 Å². The first-order valence-corrected chi connectivity index (χ1v) is 9.37. The molecule has 128 valence electrons. The summed E-state index contributed by atoms with van der Waals surface area (Å²) in [7, 11) is 0. The van der Waals surface area contributed by atoms with Gasteiger partial charge in [0.05, 0.1) is 6.61 Å². The third-order valence-corrected chi connectivity index (χ3v) is 5.08. The number of nitrogens with zero attached hydrogens (tertiary/aromatic N) is 3. The van der Waals surface area contributed by atoms with Gasteiger partial charge >= 0.3 is 0 Å². The van der Waals surface area contributed by atoms with Crippen LogP contribution >= 0.6 is 23.1 Å². The summed E-state index contributed by atoms with van der Waals surface area (Å²) >= 11 is 2.70. The number of amides is 1. The fraction of sp³-hybridized carbons (Fsp3) is 0.200. The van der Waals surface area contributed by atoms with E-state index >= 15 is 0 Å². The third-order valence-electron chi connectivity index (χ3n) is 3.58. The minimum atomic E-state index is -0.340. The van der Waals surface area contributed by atoms with Crippen molar-refractivity contribution in [2.75, 3.05) is 17.8 Å². The molecule has 1 aliphatic heterocycles. The number of carbonyl (C=O) groups is 1. The van der Waals surface area contributed by atoms with Crippen LogP contribution in [-0.4, -0.2) is 38.6 Å². The maximum atomic E-state index is 12.3. The SMILES string of the molecule is NCSc1n[nH]c(NC(=O)c2csc(-c3ccc4c(c3)CCO4)n2)n1. The second kappa shape index (κ2) is 6.82. The van der Waals surface area contributed by atoms with Crippen LogP contribution in [-0.2, 0) is 6.42 Å². The second-order valence-electron chi connectivity index (χ2n) is 5.19. The lowest BCUT2D eigenvalue weighted by Gasteiger charge is -2.01. The van der Waals surface area contributed by atoms with E-state index in [-0.39, 0.29) is 11.9 Å². The largest absolute Gasteiger partial charge is 0.493 e. The smallest absolute Gasteiger partial charge is 0.277 e. The molecule has 4 N–H and O–H groups in total. The van der Waals surface area contributed by atoms with Crippen molar-refractivity contribution >= 4 is 35.0 Å². The minimum Gasteiger partial charge on any atom is -0.493 e. The van der Waals surface area contributed by atoms with Crippen molar-refractivity contribution in [3.05, 3.63) is 34.8 Å². The van der Waals surface area contributed by atoms with E-state index in [2.05, 4.69) is 31.5 Å². The number of hydrogen-bond acceptors (Lipinski definition) is 8. The summed E-state index contributed by atoms with van der Waals surface area (Å²) in [6.45, 7) is 0.714. The van der Waals surface area contributed by atoms with Crippen molar-refractivity contribution in [2.24, 2.45) is 5.73 Å². The molecular formula is C15H14N6O2S2. The van der Waals surface area contributed by atoms with Crippen LogP contribution in [0.5, 0.6) is 5.75 Å². The highest BCUT2D eigenvalue weighted by atomic mass is 32.2. The normalized spacial score (nSPS) is 12.7. The third kappa shape index (κ3) is 3.36. The van der Waals surface area contributed by atoms with E-state index in [9.17, 15) is 4.79 Å². The number of hydrogen-bond donors (Lipinski definition) is 3. The molecular weight excluding hydrogens is 360 g/mol. The Labute approximate surface area is 151 Å². The number of ether oxygens (including phenoxy) is 1. The molecule has 1 aromatic carbocycles. The van der Waals surface area contributed by atoms with Gasteiger partial charge in [0.15, 0.2) is 0 Å². The number of benzene rings is 1. The molecule has 1 amide bonds. The zero-order chi connectivity index (χ0) is 17.2. The first-order valence-electron chi connectivity index (χ1n) is 7.51. The number of anilines is 1. The van der Waals surface area contributed by atoms with Gasteiger partial charge in [0, 0.05) is 23.2 Å². The molecule has 0 aliphatic carbocycles. The lowest BCUT2D eigenvalue weighted by molar-refractivity contribution is 0.102. The quantitative estimate of drug-likeness (QED) is 0.462. The molecule has 0 atom stereocenters. The minimum absolute atomic E-state index is 0.269. The molecule has 0 saturated heterocycles. The standard InChI is InChI=1S/C15H14N6O2S2/c16-7-25-15-19-14(20-21-15)18-12(22)10-6-24-13(17-10)9-1-2-11-8(5-9)3-4-23-11/h1-2,5-6H,3-4,7,16H2,(H2,18,19,20,21,22). The van der Waals surface area contributed by atoms with Crippen molar-refractivity contribution in [2.45, 2.75) is 11.6 Å². The number of thioether (sulfide) groups is 1. The summed E-state index contributed by atoms with van der Waals surface area (Å²) in [6.07, 6.45) is 0.899. The Hall–Kier alpha value is -2.43. The van der Waals surface area contributed by atoms with Gasteiger partial charge in [-0.3, -0.25) is 10.1 Å². The molecule has 25 heavy (non-hydrogen) atoms. The topological polar surface area (TPSA) is 119 Å². The Kier molecular flexibility index (Phi) is 4.38. The number of aromatic nitrogens is 4. The van der Waals surface area contributed by atoms with Crippen molar-refractivity contribution in [3.8, 4) is 16.3 Å². The maximum absolute atomic E-state index is 12.3. The van der Waals surface area contributed by atoms with Gasteiger partial charge in [0.1, 0.15) is 16.5 Å². The summed E-state index contributed by atoms with van der Waals surface area (Å²) in [5.41, 5.74) is 7.91. The highest BCUT2D eigenvalue weighted by Crippen LogP contribution is 2.32. The fourth-order valence-electron chi connectivity index (χ4n) is 2.44. The van der Waals surface area contributed by atoms with Gasteiger partial charge in [0.2, 0.25) is 11.1 Å². The van der Waals surface area contributed by atoms with Crippen LogP contribution in [0.4, 0.5) is 5.95 Å². The van der Waals surface area contributed by atoms with Gasteiger partial charge in [0.25, 0.3) is 5.91 Å². The molecule has 0 radical (unpaired) electrons. The molecule has 3 aromatic rings. The molecule has 10 heteroatoms. The van der Waals surface area contributed by atoms with E-state index in [1.54, 1.807) is 5.38 Å². The second-order valence-corrected chi connectivity index (χ2v) is 7.04. The number of thiazole rings is 1. The fourth-order valence-corrected chi connectivity index (χ4v) is 3.66. The number of fused-ring (bicyclic) bond motifs is 1. The van der Waals surface area contributed by atoms with Crippen LogP contribution in [0.3, 0.4) is 0 Å². The zero-order valence-electron chi connectivity index (χ0n) is 13.0. The lowest BCUT2D eigenvalue weighted by Crippen LogP contribution is -2.13. The van der Waals surface area contributed by atoms with Gasteiger partial charge in [-0.1, -0.05) is 11.8 Å². The molecule has 4 rings (SSSR count). The van der Waals surface area contributed by atoms with Crippen LogP contribution in [0, 0.1) is 0 Å². The Morgan fingerprint density at radius 2 is 2.36 bits per heavy atom. The summed E-state index contributed by atoms with van der Waals surface area (Å²) in [5.74, 6) is 1.22. The average molecular weight is 374 g/mol. The molecule has 3 heterocycles. The monoisotopic (exact) mass is 374 g/mol. The highest BCUT2D eigenvalue weighted by Gasteiger charge is 2.17. The van der Waals surface area contributed by atoms with Gasteiger partial charge in [-0.05, 0) is 23.8 Å². The van der Waals surface area contributed by atoms with Crippen LogP contribution in [0.25, 0.3) is 10.6 Å². The van der Waals surface area contributed by atoms with E-state index in [0.29, 0.717) is 23.3 Å². The number of nitrogens with two attached hydrogens (primary N) is 1. The van der Waals surface area contributed by atoms with Crippen LogP contribution < -0.4 is 15.8 Å². The summed E-state index contributed by atoms with van der Waals surface area (Å²) in [4.78, 5) is 20.8. The lowest BCUT2D eigenvalue weighted by atomic mass is 10.1.